The Morgan fingerprint density at radius 2 is 1.81 bits per heavy atom. The van der Waals surface area contributed by atoms with Gasteiger partial charge >= 0.3 is 0 Å². The Hall–Kier alpha value is -2.95. The van der Waals surface area contributed by atoms with Crippen molar-refractivity contribution in [3.63, 3.8) is 0 Å². The van der Waals surface area contributed by atoms with Crippen LogP contribution in [0.5, 0.6) is 11.5 Å². The highest BCUT2D eigenvalue weighted by Gasteiger charge is 2.18. The molecule has 1 unspecified atom stereocenters. The number of fused-ring (bicyclic) bond motifs is 1. The molecule has 1 aromatic heterocycles. The zero-order valence-electron chi connectivity index (χ0n) is 17.7. The third-order valence-electron chi connectivity index (χ3n) is 5.11. The van der Waals surface area contributed by atoms with Crippen LogP contribution in [0.3, 0.4) is 0 Å². The molecule has 0 aliphatic carbocycles. The molecule has 1 saturated heterocycles. The Balaban J connectivity index is 1.80. The number of benzene rings is 2. The van der Waals surface area contributed by atoms with E-state index in [9.17, 15) is 4.21 Å². The molecule has 2 aromatic carbocycles. The van der Waals surface area contributed by atoms with Gasteiger partial charge in [-0.05, 0) is 31.3 Å². The van der Waals surface area contributed by atoms with Gasteiger partial charge in [0.2, 0.25) is 0 Å². The summed E-state index contributed by atoms with van der Waals surface area (Å²) in [5.41, 5.74) is 2.52. The van der Waals surface area contributed by atoms with Crippen LogP contribution in [-0.2, 0) is 15.7 Å². The van der Waals surface area contributed by atoms with Crippen molar-refractivity contribution >= 4 is 39.1 Å². The number of ether oxygens (including phenoxy) is 3. The van der Waals surface area contributed by atoms with Crippen molar-refractivity contribution in [2.75, 3.05) is 57.8 Å². The molecule has 1 aliphatic rings. The summed E-state index contributed by atoms with van der Waals surface area (Å²) in [4.78, 5) is 11.7. The standard InChI is InChI=1S/C21H25N5O4S/c1-22-31(27)14-4-5-18(26-6-8-30-9-7-26)17(10-14)25-21-15-11-19(28-2)20(29-3)12-16(15)23-13-24-21/h4-5,10-13,22H,6-9H2,1-3H3,(H,23,24,25). The van der Waals surface area contributed by atoms with E-state index in [-0.39, 0.29) is 0 Å². The molecule has 0 bridgehead atoms. The fourth-order valence-electron chi connectivity index (χ4n) is 3.54. The summed E-state index contributed by atoms with van der Waals surface area (Å²) in [5, 5.41) is 4.21. The van der Waals surface area contributed by atoms with Crippen LogP contribution >= 0.6 is 0 Å². The van der Waals surface area contributed by atoms with Gasteiger partial charge in [0.05, 0.1) is 49.2 Å². The molecule has 2 N–H and O–H groups in total. The monoisotopic (exact) mass is 443 g/mol. The minimum atomic E-state index is -1.31. The molecule has 0 spiro atoms. The van der Waals surface area contributed by atoms with Gasteiger partial charge in [0.15, 0.2) is 11.5 Å². The lowest BCUT2D eigenvalue weighted by Crippen LogP contribution is -2.36. The summed E-state index contributed by atoms with van der Waals surface area (Å²) >= 11 is 0. The van der Waals surface area contributed by atoms with Crippen LogP contribution in [0.4, 0.5) is 17.2 Å². The number of hydrogen-bond donors (Lipinski definition) is 2. The number of nitrogens with one attached hydrogen (secondary N) is 2. The molecule has 1 aliphatic heterocycles. The van der Waals surface area contributed by atoms with Crippen LogP contribution in [0.25, 0.3) is 10.9 Å². The molecule has 164 valence electrons. The molecule has 0 amide bonds. The van der Waals surface area contributed by atoms with Crippen LogP contribution in [0.2, 0.25) is 0 Å². The van der Waals surface area contributed by atoms with Gasteiger partial charge in [-0.25, -0.2) is 18.9 Å². The van der Waals surface area contributed by atoms with E-state index < -0.39 is 11.0 Å². The third-order valence-corrected chi connectivity index (χ3v) is 6.17. The third kappa shape index (κ3) is 4.41. The van der Waals surface area contributed by atoms with Crippen molar-refractivity contribution < 1.29 is 18.4 Å². The summed E-state index contributed by atoms with van der Waals surface area (Å²) in [6.45, 7) is 2.88. The maximum absolute atomic E-state index is 12.4. The molecule has 31 heavy (non-hydrogen) atoms. The van der Waals surface area contributed by atoms with E-state index in [2.05, 4.69) is 24.9 Å². The van der Waals surface area contributed by atoms with Crippen molar-refractivity contribution in [1.82, 2.24) is 14.7 Å². The highest BCUT2D eigenvalue weighted by molar-refractivity contribution is 7.83. The maximum Gasteiger partial charge on any atom is 0.162 e. The minimum absolute atomic E-state index is 0.589. The Morgan fingerprint density at radius 1 is 1.06 bits per heavy atom. The van der Waals surface area contributed by atoms with Gasteiger partial charge < -0.3 is 24.4 Å². The largest absolute Gasteiger partial charge is 0.493 e. The first-order chi connectivity index (χ1) is 15.1. The highest BCUT2D eigenvalue weighted by Crippen LogP contribution is 2.36. The second-order valence-electron chi connectivity index (χ2n) is 6.82. The Morgan fingerprint density at radius 3 is 2.52 bits per heavy atom. The van der Waals surface area contributed by atoms with E-state index in [0.29, 0.717) is 35.4 Å². The molecule has 1 fully saturated rings. The van der Waals surface area contributed by atoms with Crippen molar-refractivity contribution in [2.24, 2.45) is 0 Å². The van der Waals surface area contributed by atoms with E-state index in [0.717, 1.165) is 35.4 Å². The summed E-state index contributed by atoms with van der Waals surface area (Å²) in [7, 11) is 3.53. The number of morpholine rings is 1. The Kier molecular flexibility index (Phi) is 6.50. The van der Waals surface area contributed by atoms with E-state index in [1.807, 2.05) is 30.3 Å². The van der Waals surface area contributed by atoms with Gasteiger partial charge in [-0.1, -0.05) is 0 Å². The second-order valence-corrected chi connectivity index (χ2v) is 8.24. The molecule has 3 aromatic rings. The number of rotatable bonds is 7. The normalized spacial score (nSPS) is 15.0. The molecular weight excluding hydrogens is 418 g/mol. The molecule has 10 heteroatoms. The molecule has 4 rings (SSSR count). The average Bonchev–Trinajstić information content (AvgIpc) is 2.83. The zero-order valence-corrected chi connectivity index (χ0v) is 18.5. The van der Waals surface area contributed by atoms with Gasteiger partial charge in [-0.2, -0.15) is 0 Å². The predicted molar refractivity (Wildman–Crippen MR) is 121 cm³/mol. The summed E-state index contributed by atoms with van der Waals surface area (Å²) < 4.78 is 31.5. The van der Waals surface area contributed by atoms with Crippen molar-refractivity contribution in [3.05, 3.63) is 36.7 Å². The van der Waals surface area contributed by atoms with Gasteiger partial charge in [-0.15, -0.1) is 0 Å². The lowest BCUT2D eigenvalue weighted by atomic mass is 10.2. The highest BCUT2D eigenvalue weighted by atomic mass is 32.2. The number of methoxy groups -OCH3 is 2. The Labute approximate surface area is 183 Å². The van der Waals surface area contributed by atoms with E-state index in [4.69, 9.17) is 14.2 Å². The van der Waals surface area contributed by atoms with Gasteiger partial charge in [0.25, 0.3) is 0 Å². The number of aromatic nitrogens is 2. The predicted octanol–water partition coefficient (Wildman–Crippen LogP) is 2.47. The quantitative estimate of drug-likeness (QED) is 0.575. The van der Waals surface area contributed by atoms with Crippen LogP contribution in [0, 0.1) is 0 Å². The van der Waals surface area contributed by atoms with Crippen molar-refractivity contribution in [2.45, 2.75) is 4.90 Å². The van der Waals surface area contributed by atoms with Crippen molar-refractivity contribution in [1.29, 1.82) is 0 Å². The van der Waals surface area contributed by atoms with Crippen LogP contribution in [0.1, 0.15) is 0 Å². The van der Waals surface area contributed by atoms with Gasteiger partial charge in [0.1, 0.15) is 23.1 Å². The molecule has 9 nitrogen and oxygen atoms in total. The first-order valence-electron chi connectivity index (χ1n) is 9.84. The van der Waals surface area contributed by atoms with E-state index in [1.165, 1.54) is 6.33 Å². The molecule has 0 radical (unpaired) electrons. The van der Waals surface area contributed by atoms with E-state index in [1.54, 1.807) is 21.3 Å². The van der Waals surface area contributed by atoms with Crippen molar-refractivity contribution in [3.8, 4) is 11.5 Å². The summed E-state index contributed by atoms with van der Waals surface area (Å²) in [6.07, 6.45) is 1.50. The molecule has 0 saturated carbocycles. The maximum atomic E-state index is 12.4. The molecule has 2 heterocycles. The van der Waals surface area contributed by atoms with Crippen LogP contribution in [0.15, 0.2) is 41.6 Å². The average molecular weight is 444 g/mol. The number of hydrogen-bond acceptors (Lipinski definition) is 8. The van der Waals surface area contributed by atoms with Gasteiger partial charge in [0, 0.05) is 24.5 Å². The fourth-order valence-corrected chi connectivity index (χ4v) is 4.19. The minimum Gasteiger partial charge on any atom is -0.493 e. The first kappa shape index (κ1) is 21.3. The topological polar surface area (TPSA) is 97.8 Å². The number of anilines is 3. The SMILES string of the molecule is CNS(=O)c1ccc(N2CCOCC2)c(Nc2ncnc3cc(OC)c(OC)cc23)c1. The lowest BCUT2D eigenvalue weighted by Gasteiger charge is -2.31. The summed E-state index contributed by atoms with van der Waals surface area (Å²) in [6, 6.07) is 9.39. The smallest absolute Gasteiger partial charge is 0.162 e. The lowest BCUT2D eigenvalue weighted by molar-refractivity contribution is 0.123. The Bertz CT molecular complexity index is 1100. The zero-order chi connectivity index (χ0) is 21.8. The first-order valence-corrected chi connectivity index (χ1v) is 11.0. The second kappa shape index (κ2) is 9.46. The summed E-state index contributed by atoms with van der Waals surface area (Å²) in [5.74, 6) is 1.80. The molecular formula is C21H25N5O4S. The van der Waals surface area contributed by atoms with Gasteiger partial charge in [-0.3, -0.25) is 0 Å². The fraction of sp³-hybridized carbons (Fsp3) is 0.333. The van der Waals surface area contributed by atoms with Crippen LogP contribution < -0.4 is 24.4 Å². The van der Waals surface area contributed by atoms with E-state index >= 15 is 0 Å². The van der Waals surface area contributed by atoms with Crippen LogP contribution in [-0.4, -0.2) is 61.7 Å². The molecule has 1 atom stereocenters. The number of nitrogens with zero attached hydrogens (tertiary/aromatic N) is 3.